The molecule has 0 N–H and O–H groups in total. The van der Waals surface area contributed by atoms with Gasteiger partial charge in [0, 0.05) is 38.6 Å². The maximum atomic E-state index is 12.5. The fraction of sp³-hybridized carbons (Fsp3) is 0.571. The van der Waals surface area contributed by atoms with Gasteiger partial charge in [-0.25, -0.2) is 0 Å². The van der Waals surface area contributed by atoms with Crippen molar-refractivity contribution in [1.82, 2.24) is 9.88 Å². The van der Waals surface area contributed by atoms with Gasteiger partial charge in [-0.15, -0.1) is 0 Å². The van der Waals surface area contributed by atoms with Crippen LogP contribution in [-0.4, -0.2) is 42.0 Å². The highest BCUT2D eigenvalue weighted by molar-refractivity contribution is 5.99. The highest BCUT2D eigenvalue weighted by Gasteiger charge is 2.24. The predicted molar refractivity (Wildman–Crippen MR) is 70.8 cm³/mol. The standard InChI is InChI=1S/C14H19N3O/c18-14(17-9-3-4-10-17)12-11-15-6-5-13(12)16-7-1-2-8-16/h5-6,11H,1-4,7-10H2. The normalized spacial score (nSPS) is 19.6. The fourth-order valence-corrected chi connectivity index (χ4v) is 2.88. The van der Waals surface area contributed by atoms with Crippen LogP contribution in [0.1, 0.15) is 36.0 Å². The number of aromatic nitrogens is 1. The second kappa shape index (κ2) is 4.96. The number of rotatable bonds is 2. The zero-order valence-electron chi connectivity index (χ0n) is 10.6. The molecule has 1 aromatic rings. The first-order valence-corrected chi connectivity index (χ1v) is 6.84. The highest BCUT2D eigenvalue weighted by atomic mass is 16.2. The summed E-state index contributed by atoms with van der Waals surface area (Å²) < 4.78 is 0. The quantitative estimate of drug-likeness (QED) is 0.798. The summed E-state index contributed by atoms with van der Waals surface area (Å²) in [5.74, 6) is 0.155. The van der Waals surface area contributed by atoms with Gasteiger partial charge < -0.3 is 9.80 Å². The molecule has 2 saturated heterocycles. The lowest BCUT2D eigenvalue weighted by molar-refractivity contribution is 0.0793. The predicted octanol–water partition coefficient (Wildman–Crippen LogP) is 1.92. The second-order valence-electron chi connectivity index (χ2n) is 5.09. The monoisotopic (exact) mass is 245 g/mol. The van der Waals surface area contributed by atoms with Gasteiger partial charge in [-0.3, -0.25) is 9.78 Å². The Morgan fingerprint density at radius 3 is 2.44 bits per heavy atom. The summed E-state index contributed by atoms with van der Waals surface area (Å²) in [5, 5.41) is 0. The Morgan fingerprint density at radius 2 is 1.72 bits per heavy atom. The van der Waals surface area contributed by atoms with E-state index in [1.807, 2.05) is 11.0 Å². The summed E-state index contributed by atoms with van der Waals surface area (Å²) in [7, 11) is 0. The van der Waals surface area contributed by atoms with E-state index in [1.54, 1.807) is 12.4 Å². The van der Waals surface area contributed by atoms with Gasteiger partial charge in [0.05, 0.1) is 11.3 Å². The summed E-state index contributed by atoms with van der Waals surface area (Å²) in [4.78, 5) is 20.9. The van der Waals surface area contributed by atoms with Crippen LogP contribution >= 0.6 is 0 Å². The van der Waals surface area contributed by atoms with Gasteiger partial charge in [-0.1, -0.05) is 0 Å². The molecule has 4 nitrogen and oxygen atoms in total. The van der Waals surface area contributed by atoms with E-state index in [1.165, 1.54) is 12.8 Å². The minimum Gasteiger partial charge on any atom is -0.371 e. The highest BCUT2D eigenvalue weighted by Crippen LogP contribution is 2.25. The first kappa shape index (κ1) is 11.5. The number of hydrogen-bond donors (Lipinski definition) is 0. The minimum absolute atomic E-state index is 0.155. The van der Waals surface area contributed by atoms with E-state index in [0.29, 0.717) is 0 Å². The Bertz CT molecular complexity index is 434. The van der Waals surface area contributed by atoms with Crippen LogP contribution < -0.4 is 4.90 Å². The van der Waals surface area contributed by atoms with Gasteiger partial charge in [0.15, 0.2) is 0 Å². The molecule has 2 aliphatic rings. The summed E-state index contributed by atoms with van der Waals surface area (Å²) in [5.41, 5.74) is 1.85. The molecule has 2 fully saturated rings. The van der Waals surface area contributed by atoms with Crippen molar-refractivity contribution in [2.75, 3.05) is 31.1 Å². The van der Waals surface area contributed by atoms with Crippen LogP contribution in [0, 0.1) is 0 Å². The lowest BCUT2D eigenvalue weighted by Crippen LogP contribution is -2.30. The third-order valence-corrected chi connectivity index (χ3v) is 3.87. The van der Waals surface area contributed by atoms with Crippen LogP contribution in [-0.2, 0) is 0 Å². The fourth-order valence-electron chi connectivity index (χ4n) is 2.88. The van der Waals surface area contributed by atoms with Crippen molar-refractivity contribution >= 4 is 11.6 Å². The van der Waals surface area contributed by atoms with Gasteiger partial charge in [-0.05, 0) is 31.7 Å². The molecular weight excluding hydrogens is 226 g/mol. The molecule has 0 aromatic carbocycles. The van der Waals surface area contributed by atoms with E-state index in [9.17, 15) is 4.79 Å². The molecule has 18 heavy (non-hydrogen) atoms. The van der Waals surface area contributed by atoms with E-state index < -0.39 is 0 Å². The van der Waals surface area contributed by atoms with Crippen molar-refractivity contribution < 1.29 is 4.79 Å². The molecule has 0 saturated carbocycles. The molecule has 3 rings (SSSR count). The molecule has 1 aromatic heterocycles. The third-order valence-electron chi connectivity index (χ3n) is 3.87. The van der Waals surface area contributed by atoms with Crippen LogP contribution in [0.5, 0.6) is 0 Å². The summed E-state index contributed by atoms with van der Waals surface area (Å²) in [6.45, 7) is 3.91. The van der Waals surface area contributed by atoms with Crippen molar-refractivity contribution in [3.8, 4) is 0 Å². The average Bonchev–Trinajstić information content (AvgIpc) is 3.11. The van der Waals surface area contributed by atoms with Gasteiger partial charge in [-0.2, -0.15) is 0 Å². The summed E-state index contributed by atoms with van der Waals surface area (Å²) >= 11 is 0. The van der Waals surface area contributed by atoms with E-state index in [-0.39, 0.29) is 5.91 Å². The van der Waals surface area contributed by atoms with Crippen LogP contribution in [0.3, 0.4) is 0 Å². The largest absolute Gasteiger partial charge is 0.371 e. The number of likely N-dealkylation sites (tertiary alicyclic amines) is 1. The number of hydrogen-bond acceptors (Lipinski definition) is 3. The molecule has 96 valence electrons. The third kappa shape index (κ3) is 2.07. The first-order chi connectivity index (χ1) is 8.86. The molecule has 0 spiro atoms. The van der Waals surface area contributed by atoms with Crippen LogP contribution in [0.15, 0.2) is 18.5 Å². The van der Waals surface area contributed by atoms with E-state index >= 15 is 0 Å². The van der Waals surface area contributed by atoms with Crippen LogP contribution in [0.4, 0.5) is 5.69 Å². The lowest BCUT2D eigenvalue weighted by Gasteiger charge is -2.23. The van der Waals surface area contributed by atoms with Gasteiger partial charge in [0.25, 0.3) is 5.91 Å². The molecule has 2 aliphatic heterocycles. The first-order valence-electron chi connectivity index (χ1n) is 6.84. The van der Waals surface area contributed by atoms with Crippen molar-refractivity contribution in [3.05, 3.63) is 24.0 Å². The zero-order valence-corrected chi connectivity index (χ0v) is 10.6. The topological polar surface area (TPSA) is 36.4 Å². The second-order valence-corrected chi connectivity index (χ2v) is 5.09. The van der Waals surface area contributed by atoms with Crippen molar-refractivity contribution in [2.24, 2.45) is 0 Å². The molecular formula is C14H19N3O. The number of nitrogens with zero attached hydrogens (tertiary/aromatic N) is 3. The summed E-state index contributed by atoms with van der Waals surface area (Å²) in [6.07, 6.45) is 8.22. The maximum Gasteiger partial charge on any atom is 0.257 e. The van der Waals surface area contributed by atoms with Crippen molar-refractivity contribution in [2.45, 2.75) is 25.7 Å². The smallest absolute Gasteiger partial charge is 0.257 e. The van der Waals surface area contributed by atoms with Crippen LogP contribution in [0.25, 0.3) is 0 Å². The Morgan fingerprint density at radius 1 is 1.06 bits per heavy atom. The summed E-state index contributed by atoms with van der Waals surface area (Å²) in [6, 6.07) is 1.98. The van der Waals surface area contributed by atoms with Gasteiger partial charge >= 0.3 is 0 Å². The van der Waals surface area contributed by atoms with Gasteiger partial charge in [0.1, 0.15) is 0 Å². The number of anilines is 1. The molecule has 0 aliphatic carbocycles. The number of amides is 1. The Balaban J connectivity index is 1.88. The lowest BCUT2D eigenvalue weighted by atomic mass is 10.2. The molecule has 0 radical (unpaired) electrons. The molecule has 0 unspecified atom stereocenters. The Kier molecular flexibility index (Phi) is 3.17. The molecule has 0 atom stereocenters. The minimum atomic E-state index is 0.155. The van der Waals surface area contributed by atoms with E-state index in [4.69, 9.17) is 0 Å². The maximum absolute atomic E-state index is 12.5. The molecule has 4 heteroatoms. The van der Waals surface area contributed by atoms with Crippen LogP contribution in [0.2, 0.25) is 0 Å². The molecule has 3 heterocycles. The SMILES string of the molecule is O=C(c1cnccc1N1CCCC1)N1CCCC1. The van der Waals surface area contributed by atoms with Crippen molar-refractivity contribution in [1.29, 1.82) is 0 Å². The zero-order chi connectivity index (χ0) is 12.4. The Labute approximate surface area is 108 Å². The number of pyridine rings is 1. The molecule has 1 amide bonds. The van der Waals surface area contributed by atoms with Crippen molar-refractivity contribution in [3.63, 3.8) is 0 Å². The number of carbonyl (C=O) groups excluding carboxylic acids is 1. The molecule has 0 bridgehead atoms. The number of carbonyl (C=O) groups is 1. The van der Waals surface area contributed by atoms with E-state index in [2.05, 4.69) is 9.88 Å². The average molecular weight is 245 g/mol. The Hall–Kier alpha value is -1.58. The van der Waals surface area contributed by atoms with E-state index in [0.717, 1.165) is 50.3 Å². The van der Waals surface area contributed by atoms with Gasteiger partial charge in [0.2, 0.25) is 0 Å².